The normalized spacial score (nSPS) is 10.0. The van der Waals surface area contributed by atoms with Crippen LogP contribution in [0, 0.1) is 0 Å². The van der Waals surface area contributed by atoms with Crippen molar-refractivity contribution in [3.05, 3.63) is 17.5 Å². The fourth-order valence-electron chi connectivity index (χ4n) is 1.18. The van der Waals surface area contributed by atoms with Gasteiger partial charge in [0.25, 0.3) is 0 Å². The Balaban J connectivity index is 3.08. The summed E-state index contributed by atoms with van der Waals surface area (Å²) in [5, 5.41) is 4.06. The van der Waals surface area contributed by atoms with Gasteiger partial charge in [-0.1, -0.05) is 6.92 Å². The minimum atomic E-state index is 0.717. The quantitative estimate of drug-likeness (QED) is 0.611. The van der Waals surface area contributed by atoms with Gasteiger partial charge in [0.15, 0.2) is 6.29 Å². The average molecular weight is 152 g/mol. The molecule has 0 fully saturated rings. The Morgan fingerprint density at radius 3 is 2.82 bits per heavy atom. The molecule has 0 saturated heterocycles. The lowest BCUT2D eigenvalue weighted by molar-refractivity contribution is 0.112. The van der Waals surface area contributed by atoms with E-state index in [1.807, 2.05) is 18.5 Å². The van der Waals surface area contributed by atoms with Gasteiger partial charge in [-0.15, -0.1) is 0 Å². The molecule has 3 nitrogen and oxygen atoms in total. The first-order valence-electron chi connectivity index (χ1n) is 3.83. The number of carbonyl (C=O) groups is 1. The summed E-state index contributed by atoms with van der Waals surface area (Å²) in [4.78, 5) is 10.5. The molecule has 0 spiro atoms. The summed E-state index contributed by atoms with van der Waals surface area (Å²) >= 11 is 0. The molecule has 0 bridgehead atoms. The van der Waals surface area contributed by atoms with Gasteiger partial charge in [-0.05, 0) is 13.3 Å². The minimum absolute atomic E-state index is 0.717. The number of carbonyl (C=O) groups excluding carboxylic acids is 1. The Morgan fingerprint density at radius 2 is 2.36 bits per heavy atom. The summed E-state index contributed by atoms with van der Waals surface area (Å²) in [5.41, 5.74) is 1.75. The van der Waals surface area contributed by atoms with Crippen LogP contribution in [-0.4, -0.2) is 16.1 Å². The highest BCUT2D eigenvalue weighted by Crippen LogP contribution is 2.06. The van der Waals surface area contributed by atoms with E-state index in [4.69, 9.17) is 0 Å². The van der Waals surface area contributed by atoms with E-state index in [-0.39, 0.29) is 0 Å². The maximum absolute atomic E-state index is 10.5. The van der Waals surface area contributed by atoms with Crippen molar-refractivity contribution in [1.82, 2.24) is 9.78 Å². The summed E-state index contributed by atoms with van der Waals surface area (Å²) in [6.45, 7) is 4.87. The smallest absolute Gasteiger partial charge is 0.153 e. The zero-order valence-corrected chi connectivity index (χ0v) is 6.87. The summed E-state index contributed by atoms with van der Waals surface area (Å²) in [5.74, 6) is 0. The molecule has 0 unspecified atom stereocenters. The second-order valence-electron chi connectivity index (χ2n) is 2.33. The van der Waals surface area contributed by atoms with Gasteiger partial charge in [-0.2, -0.15) is 5.10 Å². The zero-order valence-electron chi connectivity index (χ0n) is 6.87. The summed E-state index contributed by atoms with van der Waals surface area (Å²) in [6.07, 6.45) is 3.34. The molecule has 0 radical (unpaired) electrons. The van der Waals surface area contributed by atoms with Gasteiger partial charge in [0.1, 0.15) is 0 Å². The second-order valence-corrected chi connectivity index (χ2v) is 2.33. The fraction of sp³-hybridized carbons (Fsp3) is 0.500. The van der Waals surface area contributed by atoms with Crippen LogP contribution in [0.1, 0.15) is 29.9 Å². The van der Waals surface area contributed by atoms with Crippen LogP contribution in [0.5, 0.6) is 0 Å². The third-order valence-corrected chi connectivity index (χ3v) is 1.74. The van der Waals surface area contributed by atoms with Crippen LogP contribution >= 0.6 is 0 Å². The number of hydrogen-bond acceptors (Lipinski definition) is 2. The molecule has 1 aromatic heterocycles. The number of hydrogen-bond donors (Lipinski definition) is 0. The molecule has 0 aliphatic heterocycles. The maximum Gasteiger partial charge on any atom is 0.153 e. The topological polar surface area (TPSA) is 34.9 Å². The Kier molecular flexibility index (Phi) is 2.41. The number of aldehydes is 1. The summed E-state index contributed by atoms with van der Waals surface area (Å²) < 4.78 is 1.85. The Bertz CT molecular complexity index is 253. The zero-order chi connectivity index (χ0) is 8.27. The van der Waals surface area contributed by atoms with Crippen molar-refractivity contribution < 1.29 is 4.79 Å². The van der Waals surface area contributed by atoms with E-state index in [9.17, 15) is 4.79 Å². The minimum Gasteiger partial charge on any atom is -0.298 e. The van der Waals surface area contributed by atoms with Crippen molar-refractivity contribution in [2.45, 2.75) is 26.8 Å². The van der Waals surface area contributed by atoms with Crippen molar-refractivity contribution in [2.24, 2.45) is 0 Å². The fourth-order valence-corrected chi connectivity index (χ4v) is 1.18. The first-order valence-corrected chi connectivity index (χ1v) is 3.83. The van der Waals surface area contributed by atoms with Crippen molar-refractivity contribution in [2.75, 3.05) is 0 Å². The standard InChI is InChI=1S/C8H12N2O/c1-3-8-7(6-11)5-9-10(8)4-2/h5-6H,3-4H2,1-2H3. The number of aryl methyl sites for hydroxylation is 1. The maximum atomic E-state index is 10.5. The van der Waals surface area contributed by atoms with Gasteiger partial charge in [0, 0.05) is 12.2 Å². The highest BCUT2D eigenvalue weighted by Gasteiger charge is 2.05. The molecule has 1 rings (SSSR count). The summed E-state index contributed by atoms with van der Waals surface area (Å²) in [7, 11) is 0. The first-order chi connectivity index (χ1) is 5.33. The molecule has 0 aliphatic carbocycles. The highest BCUT2D eigenvalue weighted by molar-refractivity contribution is 5.75. The van der Waals surface area contributed by atoms with E-state index in [0.717, 1.165) is 24.9 Å². The lowest BCUT2D eigenvalue weighted by Crippen LogP contribution is -2.02. The van der Waals surface area contributed by atoms with Gasteiger partial charge in [0.2, 0.25) is 0 Å². The lowest BCUT2D eigenvalue weighted by atomic mass is 10.2. The molecule has 0 atom stereocenters. The molecule has 0 aromatic carbocycles. The van der Waals surface area contributed by atoms with Crippen LogP contribution in [0.3, 0.4) is 0 Å². The van der Waals surface area contributed by atoms with E-state index in [1.165, 1.54) is 0 Å². The molecule has 1 aromatic rings. The van der Waals surface area contributed by atoms with Crippen molar-refractivity contribution in [3.8, 4) is 0 Å². The van der Waals surface area contributed by atoms with E-state index < -0.39 is 0 Å². The van der Waals surface area contributed by atoms with Gasteiger partial charge < -0.3 is 0 Å². The SMILES string of the molecule is CCc1c(C=O)cnn1CC. The molecule has 0 N–H and O–H groups in total. The van der Waals surface area contributed by atoms with Crippen LogP contribution < -0.4 is 0 Å². The Hall–Kier alpha value is -1.12. The molecular weight excluding hydrogens is 140 g/mol. The average Bonchev–Trinajstić information content (AvgIpc) is 2.45. The summed E-state index contributed by atoms with van der Waals surface area (Å²) in [6, 6.07) is 0. The molecule has 0 saturated carbocycles. The Labute approximate surface area is 66.0 Å². The van der Waals surface area contributed by atoms with Crippen LogP contribution in [0.2, 0.25) is 0 Å². The molecule has 0 aliphatic rings. The van der Waals surface area contributed by atoms with Crippen molar-refractivity contribution in [1.29, 1.82) is 0 Å². The number of aromatic nitrogens is 2. The van der Waals surface area contributed by atoms with Gasteiger partial charge in [0.05, 0.1) is 11.8 Å². The van der Waals surface area contributed by atoms with Gasteiger partial charge in [-0.25, -0.2) is 0 Å². The van der Waals surface area contributed by atoms with Crippen molar-refractivity contribution in [3.63, 3.8) is 0 Å². The monoisotopic (exact) mass is 152 g/mol. The van der Waals surface area contributed by atoms with Gasteiger partial charge in [-0.3, -0.25) is 9.48 Å². The predicted octanol–water partition coefficient (Wildman–Crippen LogP) is 1.28. The van der Waals surface area contributed by atoms with Gasteiger partial charge >= 0.3 is 0 Å². The van der Waals surface area contributed by atoms with Crippen LogP contribution in [0.25, 0.3) is 0 Å². The van der Waals surface area contributed by atoms with Crippen LogP contribution in [-0.2, 0) is 13.0 Å². The largest absolute Gasteiger partial charge is 0.298 e. The molecule has 3 heteroatoms. The Morgan fingerprint density at radius 1 is 1.64 bits per heavy atom. The van der Waals surface area contributed by atoms with Crippen molar-refractivity contribution >= 4 is 6.29 Å². The second kappa shape index (κ2) is 3.32. The third kappa shape index (κ3) is 1.31. The highest BCUT2D eigenvalue weighted by atomic mass is 16.1. The number of nitrogens with zero attached hydrogens (tertiary/aromatic N) is 2. The molecule has 60 valence electrons. The number of rotatable bonds is 3. The molecular formula is C8H12N2O. The lowest BCUT2D eigenvalue weighted by Gasteiger charge is -2.00. The van der Waals surface area contributed by atoms with Crippen LogP contribution in [0.4, 0.5) is 0 Å². The molecule has 0 amide bonds. The van der Waals surface area contributed by atoms with E-state index in [0.29, 0.717) is 5.56 Å². The van der Waals surface area contributed by atoms with E-state index in [2.05, 4.69) is 5.10 Å². The third-order valence-electron chi connectivity index (χ3n) is 1.74. The molecule has 1 heterocycles. The van der Waals surface area contributed by atoms with E-state index >= 15 is 0 Å². The first kappa shape index (κ1) is 7.98. The van der Waals surface area contributed by atoms with Crippen LogP contribution in [0.15, 0.2) is 6.20 Å². The molecule has 11 heavy (non-hydrogen) atoms. The van der Waals surface area contributed by atoms with E-state index in [1.54, 1.807) is 6.20 Å². The predicted molar refractivity (Wildman–Crippen MR) is 42.7 cm³/mol.